The van der Waals surface area contributed by atoms with Crippen LogP contribution in [0.15, 0.2) is 0 Å². The molecule has 0 saturated heterocycles. The largest absolute Gasteiger partial charge is 0.0654 e. The maximum absolute atomic E-state index is 2.51. The Balaban J connectivity index is 2.64. The Labute approximate surface area is 90.5 Å². The molecule has 84 valence electrons. The van der Waals surface area contributed by atoms with Crippen molar-refractivity contribution in [3.8, 4) is 0 Å². The SMILES string of the molecule is CCCCC1(C)CC(C)(C)C1C(C)C. The molecule has 0 aliphatic heterocycles. The van der Waals surface area contributed by atoms with Crippen LogP contribution in [0.3, 0.4) is 0 Å². The Hall–Kier alpha value is 0. The molecule has 1 aliphatic carbocycles. The molecular weight excluding hydrogens is 168 g/mol. The van der Waals surface area contributed by atoms with Crippen molar-refractivity contribution in [3.63, 3.8) is 0 Å². The lowest BCUT2D eigenvalue weighted by Crippen LogP contribution is -2.54. The van der Waals surface area contributed by atoms with Crippen LogP contribution in [0.2, 0.25) is 0 Å². The molecular formula is C14H28. The summed E-state index contributed by atoms with van der Waals surface area (Å²) < 4.78 is 0. The summed E-state index contributed by atoms with van der Waals surface area (Å²) in [6.07, 6.45) is 5.63. The number of hydrogen-bond acceptors (Lipinski definition) is 0. The van der Waals surface area contributed by atoms with Gasteiger partial charge in [-0.25, -0.2) is 0 Å². The number of unbranched alkanes of at least 4 members (excludes halogenated alkanes) is 1. The zero-order valence-electron chi connectivity index (χ0n) is 11.0. The van der Waals surface area contributed by atoms with E-state index in [-0.39, 0.29) is 0 Å². The molecule has 0 N–H and O–H groups in total. The first-order valence-electron chi connectivity index (χ1n) is 6.33. The van der Waals surface area contributed by atoms with Gasteiger partial charge in [-0.1, -0.05) is 54.4 Å². The van der Waals surface area contributed by atoms with E-state index in [2.05, 4.69) is 41.5 Å². The molecule has 1 aliphatic rings. The predicted octanol–water partition coefficient (Wildman–Crippen LogP) is 4.89. The van der Waals surface area contributed by atoms with E-state index < -0.39 is 0 Å². The average Bonchev–Trinajstić information content (AvgIpc) is 1.96. The Morgan fingerprint density at radius 1 is 1.21 bits per heavy atom. The summed E-state index contributed by atoms with van der Waals surface area (Å²) >= 11 is 0. The highest BCUT2D eigenvalue weighted by atomic mass is 14.6. The summed E-state index contributed by atoms with van der Waals surface area (Å²) in [7, 11) is 0. The summed E-state index contributed by atoms with van der Waals surface area (Å²) in [5.74, 6) is 1.78. The van der Waals surface area contributed by atoms with Gasteiger partial charge in [-0.15, -0.1) is 0 Å². The highest BCUT2D eigenvalue weighted by Crippen LogP contribution is 2.63. The normalized spacial score (nSPS) is 35.8. The van der Waals surface area contributed by atoms with Crippen molar-refractivity contribution in [1.82, 2.24) is 0 Å². The van der Waals surface area contributed by atoms with Crippen molar-refractivity contribution in [2.24, 2.45) is 22.7 Å². The first-order valence-corrected chi connectivity index (χ1v) is 6.33. The van der Waals surface area contributed by atoms with Gasteiger partial charge < -0.3 is 0 Å². The van der Waals surface area contributed by atoms with Gasteiger partial charge >= 0.3 is 0 Å². The van der Waals surface area contributed by atoms with E-state index in [4.69, 9.17) is 0 Å². The van der Waals surface area contributed by atoms with E-state index in [1.54, 1.807) is 0 Å². The molecule has 0 aromatic heterocycles. The number of rotatable bonds is 4. The molecule has 0 amide bonds. The summed E-state index contributed by atoms with van der Waals surface area (Å²) in [6.45, 7) is 14.5. The molecule has 0 spiro atoms. The van der Waals surface area contributed by atoms with Gasteiger partial charge in [0.2, 0.25) is 0 Å². The lowest BCUT2D eigenvalue weighted by atomic mass is 9.43. The quantitative estimate of drug-likeness (QED) is 0.601. The molecule has 1 saturated carbocycles. The van der Waals surface area contributed by atoms with Gasteiger partial charge in [-0.05, 0) is 35.5 Å². The van der Waals surface area contributed by atoms with Crippen LogP contribution < -0.4 is 0 Å². The minimum atomic E-state index is 0.594. The number of hydrogen-bond donors (Lipinski definition) is 0. The topological polar surface area (TPSA) is 0 Å². The van der Waals surface area contributed by atoms with E-state index in [9.17, 15) is 0 Å². The molecule has 0 heterocycles. The monoisotopic (exact) mass is 196 g/mol. The van der Waals surface area contributed by atoms with Crippen LogP contribution in [0.1, 0.15) is 67.2 Å². The summed E-state index contributed by atoms with van der Waals surface area (Å²) in [5.41, 5.74) is 1.24. The van der Waals surface area contributed by atoms with Gasteiger partial charge in [0.1, 0.15) is 0 Å². The van der Waals surface area contributed by atoms with Gasteiger partial charge in [0.15, 0.2) is 0 Å². The molecule has 1 rings (SSSR count). The van der Waals surface area contributed by atoms with Crippen molar-refractivity contribution >= 4 is 0 Å². The van der Waals surface area contributed by atoms with Gasteiger partial charge in [0.05, 0.1) is 0 Å². The Morgan fingerprint density at radius 3 is 2.14 bits per heavy atom. The third-order valence-corrected chi connectivity index (χ3v) is 4.22. The summed E-state index contributed by atoms with van der Waals surface area (Å²) in [4.78, 5) is 0. The molecule has 0 heteroatoms. The summed E-state index contributed by atoms with van der Waals surface area (Å²) in [6, 6.07) is 0. The average molecular weight is 196 g/mol. The van der Waals surface area contributed by atoms with Crippen LogP contribution in [0.25, 0.3) is 0 Å². The van der Waals surface area contributed by atoms with Crippen molar-refractivity contribution in [3.05, 3.63) is 0 Å². The maximum Gasteiger partial charge on any atom is -0.0285 e. The highest BCUT2D eigenvalue weighted by Gasteiger charge is 2.55. The van der Waals surface area contributed by atoms with Crippen LogP contribution in [-0.4, -0.2) is 0 Å². The third-order valence-electron chi connectivity index (χ3n) is 4.22. The van der Waals surface area contributed by atoms with Gasteiger partial charge in [0.25, 0.3) is 0 Å². The Bertz CT molecular complexity index is 190. The standard InChI is InChI=1S/C14H28/c1-7-8-9-14(6)10-13(4,5)12(14)11(2)3/h11-12H,7-10H2,1-6H3. The van der Waals surface area contributed by atoms with Crippen LogP contribution in [-0.2, 0) is 0 Å². The van der Waals surface area contributed by atoms with Crippen LogP contribution in [0, 0.1) is 22.7 Å². The second-order valence-corrected chi connectivity index (χ2v) is 6.64. The van der Waals surface area contributed by atoms with Gasteiger partial charge in [-0.3, -0.25) is 0 Å². The molecule has 0 radical (unpaired) electrons. The maximum atomic E-state index is 2.51. The van der Waals surface area contributed by atoms with Crippen molar-refractivity contribution in [2.75, 3.05) is 0 Å². The third kappa shape index (κ3) is 1.99. The Morgan fingerprint density at radius 2 is 1.79 bits per heavy atom. The van der Waals surface area contributed by atoms with Gasteiger partial charge in [-0.2, -0.15) is 0 Å². The van der Waals surface area contributed by atoms with E-state index >= 15 is 0 Å². The van der Waals surface area contributed by atoms with E-state index in [1.165, 1.54) is 25.7 Å². The second kappa shape index (κ2) is 3.87. The summed E-state index contributed by atoms with van der Waals surface area (Å²) in [5, 5.41) is 0. The zero-order chi connectivity index (χ0) is 11.0. The van der Waals surface area contributed by atoms with Crippen molar-refractivity contribution in [1.29, 1.82) is 0 Å². The van der Waals surface area contributed by atoms with E-state index in [1.807, 2.05) is 0 Å². The molecule has 2 unspecified atom stereocenters. The first kappa shape index (κ1) is 12.1. The van der Waals surface area contributed by atoms with E-state index in [0.717, 1.165) is 11.8 Å². The Kier molecular flexibility index (Phi) is 3.33. The predicted molar refractivity (Wildman–Crippen MR) is 64.4 cm³/mol. The van der Waals surface area contributed by atoms with Crippen molar-refractivity contribution in [2.45, 2.75) is 67.2 Å². The fraction of sp³-hybridized carbons (Fsp3) is 1.00. The van der Waals surface area contributed by atoms with Crippen LogP contribution in [0.4, 0.5) is 0 Å². The van der Waals surface area contributed by atoms with Gasteiger partial charge in [0, 0.05) is 0 Å². The minimum Gasteiger partial charge on any atom is -0.0654 e. The molecule has 0 bridgehead atoms. The molecule has 1 fully saturated rings. The van der Waals surface area contributed by atoms with E-state index in [0.29, 0.717) is 10.8 Å². The highest BCUT2D eigenvalue weighted by molar-refractivity contribution is 5.04. The fourth-order valence-electron chi connectivity index (χ4n) is 4.60. The second-order valence-electron chi connectivity index (χ2n) is 6.64. The molecule has 0 aromatic rings. The molecule has 0 aromatic carbocycles. The lowest BCUT2D eigenvalue weighted by Gasteiger charge is -2.62. The van der Waals surface area contributed by atoms with Crippen molar-refractivity contribution < 1.29 is 0 Å². The molecule has 0 nitrogen and oxygen atoms in total. The molecule has 14 heavy (non-hydrogen) atoms. The minimum absolute atomic E-state index is 0.594. The van der Waals surface area contributed by atoms with Crippen LogP contribution >= 0.6 is 0 Å². The smallest absolute Gasteiger partial charge is 0.0285 e. The first-order chi connectivity index (χ1) is 6.33. The zero-order valence-corrected chi connectivity index (χ0v) is 11.0. The van der Waals surface area contributed by atoms with Crippen LogP contribution in [0.5, 0.6) is 0 Å². The fourth-order valence-corrected chi connectivity index (χ4v) is 4.60. The lowest BCUT2D eigenvalue weighted by molar-refractivity contribution is -0.125. The molecule has 2 atom stereocenters.